The Labute approximate surface area is 145 Å². The van der Waals surface area contributed by atoms with Gasteiger partial charge in [-0.2, -0.15) is 0 Å². The predicted octanol–water partition coefficient (Wildman–Crippen LogP) is 6.02. The van der Waals surface area contributed by atoms with Crippen LogP contribution in [0.15, 0.2) is 23.8 Å². The number of alkyl halides is 1. The number of aliphatic hydroxyl groups is 1. The smallest absolute Gasteiger partial charge is 0.0800 e. The molecule has 22 heavy (non-hydrogen) atoms. The summed E-state index contributed by atoms with van der Waals surface area (Å²) in [6.45, 7) is 15.3. The number of allylic oxidation sites excluding steroid dienone is 2. The fourth-order valence-corrected chi connectivity index (χ4v) is 5.59. The fourth-order valence-electron chi connectivity index (χ4n) is 5.04. The Morgan fingerprint density at radius 3 is 2.59 bits per heavy atom. The van der Waals surface area contributed by atoms with E-state index < -0.39 is 5.60 Å². The fraction of sp³-hybridized carbons (Fsp3) is 0.800. The first kappa shape index (κ1) is 18.3. The molecule has 0 saturated heterocycles. The quantitative estimate of drug-likeness (QED) is 0.475. The van der Waals surface area contributed by atoms with E-state index in [-0.39, 0.29) is 0 Å². The Morgan fingerprint density at radius 2 is 2.00 bits per heavy atom. The summed E-state index contributed by atoms with van der Waals surface area (Å²) in [4.78, 5) is 0.619. The lowest BCUT2D eigenvalue weighted by Crippen LogP contribution is -2.50. The highest BCUT2D eigenvalue weighted by Gasteiger charge is 2.53. The van der Waals surface area contributed by atoms with Gasteiger partial charge in [0.25, 0.3) is 0 Å². The van der Waals surface area contributed by atoms with Gasteiger partial charge < -0.3 is 5.11 Å². The van der Waals surface area contributed by atoms with Crippen LogP contribution < -0.4 is 0 Å². The summed E-state index contributed by atoms with van der Waals surface area (Å²) in [6.07, 6.45) is 8.50. The Balaban J connectivity index is 2.30. The van der Waals surface area contributed by atoms with Crippen LogP contribution in [0.3, 0.4) is 0 Å². The molecule has 1 nitrogen and oxygen atoms in total. The molecule has 0 aliphatic heterocycles. The monoisotopic (exact) mass is 368 g/mol. The third-order valence-electron chi connectivity index (χ3n) is 6.73. The number of rotatable bonds is 4. The molecule has 0 heterocycles. The van der Waals surface area contributed by atoms with Crippen molar-refractivity contribution in [2.45, 2.75) is 83.6 Å². The molecule has 2 aliphatic carbocycles. The van der Waals surface area contributed by atoms with Crippen molar-refractivity contribution < 1.29 is 5.11 Å². The first-order valence-corrected chi connectivity index (χ1v) is 9.65. The van der Waals surface area contributed by atoms with Crippen LogP contribution in [0.2, 0.25) is 0 Å². The van der Waals surface area contributed by atoms with E-state index in [1.54, 1.807) is 17.2 Å². The molecular weight excluding hydrogens is 336 g/mol. The molecule has 1 saturated carbocycles. The van der Waals surface area contributed by atoms with Crippen LogP contribution in [0.4, 0.5) is 0 Å². The van der Waals surface area contributed by atoms with Gasteiger partial charge in [0.1, 0.15) is 0 Å². The van der Waals surface area contributed by atoms with Crippen LogP contribution in [-0.4, -0.2) is 15.5 Å². The van der Waals surface area contributed by atoms with E-state index in [1.165, 1.54) is 25.7 Å². The van der Waals surface area contributed by atoms with Crippen LogP contribution in [0.1, 0.15) is 73.1 Å². The van der Waals surface area contributed by atoms with E-state index in [0.717, 1.165) is 18.8 Å². The highest BCUT2D eigenvalue weighted by atomic mass is 79.9. The molecule has 1 N–H and O–H groups in total. The van der Waals surface area contributed by atoms with Gasteiger partial charge in [0.2, 0.25) is 0 Å². The van der Waals surface area contributed by atoms with Gasteiger partial charge in [-0.25, -0.2) is 0 Å². The van der Waals surface area contributed by atoms with Gasteiger partial charge in [-0.1, -0.05) is 53.9 Å². The third kappa shape index (κ3) is 3.11. The minimum Gasteiger partial charge on any atom is -0.386 e. The van der Waals surface area contributed by atoms with Crippen molar-refractivity contribution in [1.82, 2.24) is 0 Å². The highest BCUT2D eigenvalue weighted by Crippen LogP contribution is 2.61. The molecule has 0 amide bonds. The average Bonchev–Trinajstić information content (AvgIpc) is 2.42. The van der Waals surface area contributed by atoms with E-state index >= 15 is 0 Å². The molecule has 126 valence electrons. The highest BCUT2D eigenvalue weighted by molar-refractivity contribution is 9.09. The van der Waals surface area contributed by atoms with E-state index in [2.05, 4.69) is 50.2 Å². The van der Waals surface area contributed by atoms with Gasteiger partial charge in [-0.15, -0.1) is 6.58 Å². The second-order valence-corrected chi connectivity index (χ2v) is 9.76. The van der Waals surface area contributed by atoms with Crippen LogP contribution in [0.25, 0.3) is 0 Å². The van der Waals surface area contributed by atoms with E-state index in [0.29, 0.717) is 15.7 Å². The van der Waals surface area contributed by atoms with Crippen LogP contribution in [-0.2, 0) is 0 Å². The second kappa shape index (κ2) is 6.09. The van der Waals surface area contributed by atoms with Crippen molar-refractivity contribution in [2.75, 3.05) is 0 Å². The van der Waals surface area contributed by atoms with Gasteiger partial charge in [0.15, 0.2) is 0 Å². The zero-order chi connectivity index (χ0) is 16.8. The van der Waals surface area contributed by atoms with Gasteiger partial charge in [-0.3, -0.25) is 0 Å². The molecular formula is C20H33BrO. The van der Waals surface area contributed by atoms with Crippen LogP contribution >= 0.6 is 15.9 Å². The summed E-state index contributed by atoms with van der Waals surface area (Å²) >= 11 is 3.94. The molecule has 2 heteroatoms. The standard InChI is InChI=1S/C20H33BrO/c1-7-19(5,22)12-10-15-14(2)8-9-16-18(3,4)17(21)11-13-20(15,16)6/h7,16-17,22H,1,8-13H2,2-6H3. The maximum absolute atomic E-state index is 10.3. The predicted molar refractivity (Wildman–Crippen MR) is 99.3 cm³/mol. The lowest BCUT2D eigenvalue weighted by atomic mass is 9.49. The lowest BCUT2D eigenvalue weighted by Gasteiger charge is -2.57. The largest absolute Gasteiger partial charge is 0.386 e. The van der Waals surface area contributed by atoms with Crippen LogP contribution in [0.5, 0.6) is 0 Å². The summed E-state index contributed by atoms with van der Waals surface area (Å²) in [6, 6.07) is 0. The summed E-state index contributed by atoms with van der Waals surface area (Å²) in [7, 11) is 0. The minimum absolute atomic E-state index is 0.299. The molecule has 4 atom stereocenters. The number of hydrogen-bond acceptors (Lipinski definition) is 1. The maximum atomic E-state index is 10.3. The van der Waals surface area contributed by atoms with Crippen molar-refractivity contribution in [1.29, 1.82) is 0 Å². The summed E-state index contributed by atoms with van der Waals surface area (Å²) in [5, 5.41) is 10.3. The van der Waals surface area contributed by atoms with E-state index in [4.69, 9.17) is 0 Å². The molecule has 4 unspecified atom stereocenters. The molecule has 0 radical (unpaired) electrons. The minimum atomic E-state index is -0.751. The molecule has 1 fully saturated rings. The Morgan fingerprint density at radius 1 is 1.36 bits per heavy atom. The van der Waals surface area contributed by atoms with Crippen LogP contribution in [0, 0.1) is 16.7 Å². The summed E-state index contributed by atoms with van der Waals surface area (Å²) < 4.78 is 0. The topological polar surface area (TPSA) is 20.2 Å². The van der Waals surface area contributed by atoms with E-state index in [1.807, 2.05) is 6.92 Å². The lowest BCUT2D eigenvalue weighted by molar-refractivity contribution is 0.0151. The number of fused-ring (bicyclic) bond motifs is 1. The first-order valence-electron chi connectivity index (χ1n) is 8.74. The molecule has 0 spiro atoms. The van der Waals surface area contributed by atoms with Crippen molar-refractivity contribution >= 4 is 15.9 Å². The van der Waals surface area contributed by atoms with Gasteiger partial charge in [0, 0.05) is 4.83 Å². The number of hydrogen-bond donors (Lipinski definition) is 1. The zero-order valence-corrected chi connectivity index (χ0v) is 16.6. The third-order valence-corrected chi connectivity index (χ3v) is 8.36. The Hall–Kier alpha value is -0.0800. The Kier molecular flexibility index (Phi) is 5.06. The summed E-state index contributed by atoms with van der Waals surface area (Å²) in [5.41, 5.74) is 3.08. The SMILES string of the molecule is C=CC(C)(O)CCC1=C(C)CCC2C1(C)CCC(Br)C2(C)C. The van der Waals surface area contributed by atoms with E-state index in [9.17, 15) is 5.11 Å². The first-order chi connectivity index (χ1) is 10.0. The molecule has 0 aromatic rings. The Bertz CT molecular complexity index is 474. The zero-order valence-electron chi connectivity index (χ0n) is 15.0. The average molecular weight is 369 g/mol. The van der Waals surface area contributed by atoms with Gasteiger partial charge in [-0.05, 0) is 69.1 Å². The second-order valence-electron chi connectivity index (χ2n) is 8.66. The van der Waals surface area contributed by atoms with Crippen molar-refractivity contribution in [3.8, 4) is 0 Å². The molecule has 2 aliphatic rings. The summed E-state index contributed by atoms with van der Waals surface area (Å²) in [5.74, 6) is 0.727. The normalized spacial score (nSPS) is 37.4. The molecule has 0 bridgehead atoms. The van der Waals surface area contributed by atoms with Crippen molar-refractivity contribution in [2.24, 2.45) is 16.7 Å². The van der Waals surface area contributed by atoms with Crippen molar-refractivity contribution in [3.63, 3.8) is 0 Å². The molecule has 2 rings (SSSR count). The molecule has 0 aromatic heterocycles. The maximum Gasteiger partial charge on any atom is 0.0800 e. The van der Waals surface area contributed by atoms with Gasteiger partial charge >= 0.3 is 0 Å². The van der Waals surface area contributed by atoms with Crippen molar-refractivity contribution in [3.05, 3.63) is 23.8 Å². The van der Waals surface area contributed by atoms with Gasteiger partial charge in [0.05, 0.1) is 5.60 Å². The molecule has 0 aromatic carbocycles. The number of halogens is 1.